The van der Waals surface area contributed by atoms with Crippen molar-refractivity contribution in [3.63, 3.8) is 0 Å². The first kappa shape index (κ1) is 11.8. The smallest absolute Gasteiger partial charge is 0.130 e. The summed E-state index contributed by atoms with van der Waals surface area (Å²) in [7, 11) is 1.83. The summed E-state index contributed by atoms with van der Waals surface area (Å²) < 4.78 is 28.0. The summed E-state index contributed by atoms with van der Waals surface area (Å²) in [5, 5.41) is 3.18. The number of fused-ring (bicyclic) bond motifs is 5. The van der Waals surface area contributed by atoms with Crippen molar-refractivity contribution in [3.05, 3.63) is 35.4 Å². The lowest BCUT2D eigenvalue weighted by Crippen LogP contribution is -2.24. The second kappa shape index (κ2) is 4.02. The van der Waals surface area contributed by atoms with Gasteiger partial charge >= 0.3 is 0 Å². The topological polar surface area (TPSA) is 12.0 Å². The van der Waals surface area contributed by atoms with Crippen LogP contribution < -0.4 is 5.32 Å². The van der Waals surface area contributed by atoms with Crippen molar-refractivity contribution in [2.24, 2.45) is 29.6 Å². The maximum Gasteiger partial charge on any atom is 0.130 e. The zero-order valence-corrected chi connectivity index (χ0v) is 11.1. The summed E-state index contributed by atoms with van der Waals surface area (Å²) in [6.45, 7) is 0. The maximum absolute atomic E-state index is 14.0. The van der Waals surface area contributed by atoms with Crippen molar-refractivity contribution in [2.45, 2.75) is 25.3 Å². The van der Waals surface area contributed by atoms with Gasteiger partial charge in [0.05, 0.1) is 0 Å². The summed E-state index contributed by atoms with van der Waals surface area (Å²) in [6, 6.07) is 4.03. The Balaban J connectivity index is 1.67. The van der Waals surface area contributed by atoms with Gasteiger partial charge in [0.15, 0.2) is 0 Å². The molecule has 1 aromatic rings. The Hall–Kier alpha value is -0.960. The molecule has 0 saturated heterocycles. The van der Waals surface area contributed by atoms with Gasteiger partial charge in [-0.3, -0.25) is 0 Å². The molecule has 0 heterocycles. The van der Waals surface area contributed by atoms with E-state index in [4.69, 9.17) is 0 Å². The van der Waals surface area contributed by atoms with E-state index in [2.05, 4.69) is 5.32 Å². The zero-order valence-electron chi connectivity index (χ0n) is 11.1. The van der Waals surface area contributed by atoms with E-state index in [1.54, 1.807) is 0 Å². The molecular formula is C16H19F2N. The fourth-order valence-electron chi connectivity index (χ4n) is 5.18. The molecule has 5 unspecified atom stereocenters. The number of benzene rings is 1. The van der Waals surface area contributed by atoms with E-state index < -0.39 is 11.6 Å². The predicted molar refractivity (Wildman–Crippen MR) is 69.5 cm³/mol. The van der Waals surface area contributed by atoms with Gasteiger partial charge in [0, 0.05) is 11.6 Å². The lowest BCUT2D eigenvalue weighted by molar-refractivity contribution is 0.367. The van der Waals surface area contributed by atoms with Crippen LogP contribution in [0.15, 0.2) is 18.2 Å². The highest BCUT2D eigenvalue weighted by molar-refractivity contribution is 5.28. The van der Waals surface area contributed by atoms with Crippen molar-refractivity contribution in [1.82, 2.24) is 5.32 Å². The summed E-state index contributed by atoms with van der Waals surface area (Å²) in [5.74, 6) is 2.72. The van der Waals surface area contributed by atoms with E-state index in [1.165, 1.54) is 37.5 Å². The monoisotopic (exact) mass is 263 g/mol. The van der Waals surface area contributed by atoms with Gasteiger partial charge in [-0.1, -0.05) is 6.07 Å². The SMILES string of the molecule is CNC(c1c(F)cccc1F)C1C2C3CCC(C3)C21. The third kappa shape index (κ3) is 1.54. The molecule has 3 aliphatic rings. The van der Waals surface area contributed by atoms with Crippen molar-refractivity contribution < 1.29 is 8.78 Å². The molecular weight excluding hydrogens is 244 g/mol. The van der Waals surface area contributed by atoms with Crippen LogP contribution in [-0.2, 0) is 0 Å². The Labute approximate surface area is 112 Å². The molecule has 1 nitrogen and oxygen atoms in total. The minimum Gasteiger partial charge on any atom is -0.313 e. The third-order valence-corrected chi connectivity index (χ3v) is 5.80. The van der Waals surface area contributed by atoms with Gasteiger partial charge < -0.3 is 5.32 Å². The fourth-order valence-corrected chi connectivity index (χ4v) is 5.18. The van der Waals surface area contributed by atoms with Crippen molar-refractivity contribution in [2.75, 3.05) is 7.05 Å². The second-order valence-corrected chi connectivity index (χ2v) is 6.47. The van der Waals surface area contributed by atoms with Gasteiger partial charge in [0.1, 0.15) is 11.6 Å². The van der Waals surface area contributed by atoms with Crippen LogP contribution in [0.2, 0.25) is 0 Å². The molecule has 3 saturated carbocycles. The maximum atomic E-state index is 14.0. The molecule has 1 aromatic carbocycles. The second-order valence-electron chi connectivity index (χ2n) is 6.47. The lowest BCUT2D eigenvalue weighted by atomic mass is 9.92. The van der Waals surface area contributed by atoms with Crippen LogP contribution in [0.5, 0.6) is 0 Å². The van der Waals surface area contributed by atoms with Crippen LogP contribution in [-0.4, -0.2) is 7.05 Å². The molecule has 0 spiro atoms. The van der Waals surface area contributed by atoms with Gasteiger partial charge in [0.2, 0.25) is 0 Å². The minimum absolute atomic E-state index is 0.153. The molecule has 2 bridgehead atoms. The molecule has 0 aliphatic heterocycles. The Morgan fingerprint density at radius 1 is 1.11 bits per heavy atom. The highest BCUT2D eigenvalue weighted by atomic mass is 19.1. The van der Waals surface area contributed by atoms with Crippen molar-refractivity contribution in [1.29, 1.82) is 0 Å². The van der Waals surface area contributed by atoms with Crippen LogP contribution in [0.4, 0.5) is 8.78 Å². The van der Waals surface area contributed by atoms with Crippen LogP contribution in [0.1, 0.15) is 30.9 Å². The number of rotatable bonds is 3. The molecule has 3 aliphatic carbocycles. The summed E-state index contributed by atoms with van der Waals surface area (Å²) in [4.78, 5) is 0. The Morgan fingerprint density at radius 3 is 2.21 bits per heavy atom. The normalized spacial score (nSPS) is 40.3. The van der Waals surface area contributed by atoms with E-state index in [9.17, 15) is 8.78 Å². The van der Waals surface area contributed by atoms with Crippen molar-refractivity contribution >= 4 is 0 Å². The Morgan fingerprint density at radius 2 is 1.68 bits per heavy atom. The standard InChI is InChI=1S/C16H19F2N/c1-19-16(14-10(17)3-2-4-11(14)18)15-12-8-5-6-9(7-8)13(12)15/h2-4,8-9,12-13,15-16,19H,5-7H2,1H3. The van der Waals surface area contributed by atoms with Gasteiger partial charge in [-0.2, -0.15) is 0 Å². The lowest BCUT2D eigenvalue weighted by Gasteiger charge is -2.21. The van der Waals surface area contributed by atoms with E-state index in [1.807, 2.05) is 7.05 Å². The number of hydrogen-bond acceptors (Lipinski definition) is 1. The number of halogens is 2. The van der Waals surface area contributed by atoms with E-state index >= 15 is 0 Å². The largest absolute Gasteiger partial charge is 0.313 e. The molecule has 5 atom stereocenters. The van der Waals surface area contributed by atoms with E-state index in [0.717, 1.165) is 23.7 Å². The van der Waals surface area contributed by atoms with Crippen molar-refractivity contribution in [3.8, 4) is 0 Å². The van der Waals surface area contributed by atoms with Crippen LogP contribution in [0, 0.1) is 41.2 Å². The quantitative estimate of drug-likeness (QED) is 0.880. The molecule has 19 heavy (non-hydrogen) atoms. The third-order valence-electron chi connectivity index (χ3n) is 5.80. The average molecular weight is 263 g/mol. The Kier molecular flexibility index (Phi) is 2.50. The van der Waals surface area contributed by atoms with Crippen LogP contribution >= 0.6 is 0 Å². The molecule has 0 radical (unpaired) electrons. The molecule has 3 fully saturated rings. The first-order valence-electron chi connectivity index (χ1n) is 7.33. The molecule has 4 rings (SSSR count). The predicted octanol–water partition coefficient (Wildman–Crippen LogP) is 3.52. The highest BCUT2D eigenvalue weighted by Crippen LogP contribution is 2.72. The fraction of sp³-hybridized carbons (Fsp3) is 0.625. The molecule has 102 valence electrons. The molecule has 3 heteroatoms. The van der Waals surface area contributed by atoms with Gasteiger partial charge in [-0.15, -0.1) is 0 Å². The number of nitrogens with one attached hydrogen (secondary N) is 1. The van der Waals surface area contributed by atoms with Crippen LogP contribution in [0.3, 0.4) is 0 Å². The zero-order chi connectivity index (χ0) is 13.1. The minimum atomic E-state index is -0.406. The first-order chi connectivity index (χ1) is 9.22. The number of hydrogen-bond donors (Lipinski definition) is 1. The summed E-state index contributed by atoms with van der Waals surface area (Å²) in [6.07, 6.45) is 4.03. The van der Waals surface area contributed by atoms with E-state index in [0.29, 0.717) is 5.92 Å². The molecule has 0 amide bonds. The highest BCUT2D eigenvalue weighted by Gasteiger charge is 2.67. The molecule has 1 N–H and O–H groups in total. The molecule has 0 aromatic heterocycles. The first-order valence-corrected chi connectivity index (χ1v) is 7.33. The Bertz CT molecular complexity index is 479. The average Bonchev–Trinajstić information content (AvgIpc) is 2.81. The summed E-state index contributed by atoms with van der Waals surface area (Å²) >= 11 is 0. The van der Waals surface area contributed by atoms with Gasteiger partial charge in [-0.05, 0) is 68.0 Å². The van der Waals surface area contributed by atoms with Crippen LogP contribution in [0.25, 0.3) is 0 Å². The summed E-state index contributed by atoms with van der Waals surface area (Å²) in [5.41, 5.74) is 0.254. The van der Waals surface area contributed by atoms with Gasteiger partial charge in [-0.25, -0.2) is 8.78 Å². The van der Waals surface area contributed by atoms with E-state index in [-0.39, 0.29) is 11.6 Å². The van der Waals surface area contributed by atoms with Gasteiger partial charge in [0.25, 0.3) is 0 Å².